The van der Waals surface area contributed by atoms with Crippen molar-refractivity contribution >= 4 is 21.6 Å². The van der Waals surface area contributed by atoms with Crippen LogP contribution in [0, 0.1) is 15.9 Å². The molecule has 6 heteroatoms. The van der Waals surface area contributed by atoms with E-state index in [1.807, 2.05) is 31.2 Å². The molecule has 1 N–H and O–H groups in total. The van der Waals surface area contributed by atoms with E-state index in [2.05, 4.69) is 21.2 Å². The predicted molar refractivity (Wildman–Crippen MR) is 82.5 cm³/mol. The van der Waals surface area contributed by atoms with Crippen LogP contribution in [0.1, 0.15) is 24.1 Å². The molecule has 0 aliphatic carbocycles. The average Bonchev–Trinajstić information content (AvgIpc) is 2.45. The van der Waals surface area contributed by atoms with Gasteiger partial charge in [0.25, 0.3) is 5.69 Å². The van der Waals surface area contributed by atoms with Crippen LogP contribution in [-0.2, 0) is 6.54 Å². The number of nitrogens with zero attached hydrogens (tertiary/aromatic N) is 1. The van der Waals surface area contributed by atoms with Crippen molar-refractivity contribution in [3.63, 3.8) is 0 Å². The lowest BCUT2D eigenvalue weighted by Gasteiger charge is -2.14. The van der Waals surface area contributed by atoms with Gasteiger partial charge < -0.3 is 5.32 Å². The first-order valence-corrected chi connectivity index (χ1v) is 7.18. The van der Waals surface area contributed by atoms with Crippen LogP contribution in [0.2, 0.25) is 0 Å². The van der Waals surface area contributed by atoms with Gasteiger partial charge in [-0.15, -0.1) is 0 Å². The van der Waals surface area contributed by atoms with Gasteiger partial charge >= 0.3 is 0 Å². The van der Waals surface area contributed by atoms with Gasteiger partial charge in [0.05, 0.1) is 4.92 Å². The zero-order chi connectivity index (χ0) is 15.4. The van der Waals surface area contributed by atoms with E-state index >= 15 is 0 Å². The summed E-state index contributed by atoms with van der Waals surface area (Å²) in [5.41, 5.74) is 1.31. The van der Waals surface area contributed by atoms with Gasteiger partial charge in [0, 0.05) is 28.7 Å². The molecule has 0 aliphatic rings. The Balaban J connectivity index is 2.10. The molecule has 0 saturated carbocycles. The fourth-order valence-electron chi connectivity index (χ4n) is 2.01. The molecule has 0 radical (unpaired) electrons. The smallest absolute Gasteiger partial charge is 0.274 e. The molecule has 0 aliphatic heterocycles. The Kier molecular flexibility index (Phi) is 5.03. The van der Waals surface area contributed by atoms with E-state index in [-0.39, 0.29) is 18.3 Å². The maximum Gasteiger partial charge on any atom is 0.274 e. The third-order valence-electron chi connectivity index (χ3n) is 3.21. The Bertz CT molecular complexity index is 647. The lowest BCUT2D eigenvalue weighted by Crippen LogP contribution is -2.18. The third-order valence-corrected chi connectivity index (χ3v) is 3.74. The van der Waals surface area contributed by atoms with Crippen LogP contribution in [-0.4, -0.2) is 4.92 Å². The zero-order valence-electron chi connectivity index (χ0n) is 11.3. The number of halogens is 2. The molecule has 0 aromatic heterocycles. The van der Waals surface area contributed by atoms with Gasteiger partial charge in [-0.25, -0.2) is 4.39 Å². The van der Waals surface area contributed by atoms with Gasteiger partial charge in [0.15, 0.2) is 0 Å². The molecule has 2 aromatic rings. The minimum atomic E-state index is -0.499. The van der Waals surface area contributed by atoms with Gasteiger partial charge in [-0.2, -0.15) is 0 Å². The second-order valence-corrected chi connectivity index (χ2v) is 5.60. The number of hydrogen-bond acceptors (Lipinski definition) is 3. The van der Waals surface area contributed by atoms with Crippen molar-refractivity contribution in [1.29, 1.82) is 0 Å². The Hall–Kier alpha value is -1.79. The highest BCUT2D eigenvalue weighted by Gasteiger charge is 2.15. The summed E-state index contributed by atoms with van der Waals surface area (Å²) in [5.74, 6) is -0.478. The predicted octanol–water partition coefficient (Wildman–Crippen LogP) is 4.35. The van der Waals surface area contributed by atoms with E-state index < -0.39 is 10.7 Å². The first kappa shape index (κ1) is 15.6. The highest BCUT2D eigenvalue weighted by Crippen LogP contribution is 2.21. The first-order chi connectivity index (χ1) is 9.97. The second kappa shape index (κ2) is 6.78. The van der Waals surface area contributed by atoms with E-state index in [0.717, 1.165) is 16.1 Å². The van der Waals surface area contributed by atoms with Crippen LogP contribution >= 0.6 is 15.9 Å². The summed E-state index contributed by atoms with van der Waals surface area (Å²) in [4.78, 5) is 10.4. The Labute approximate surface area is 130 Å². The minimum Gasteiger partial charge on any atom is -0.306 e. The second-order valence-electron chi connectivity index (χ2n) is 4.68. The fourth-order valence-corrected chi connectivity index (χ4v) is 2.27. The van der Waals surface area contributed by atoms with E-state index in [0.29, 0.717) is 5.56 Å². The average molecular weight is 353 g/mol. The highest BCUT2D eigenvalue weighted by atomic mass is 79.9. The van der Waals surface area contributed by atoms with Crippen LogP contribution in [0.25, 0.3) is 0 Å². The summed E-state index contributed by atoms with van der Waals surface area (Å²) in [6, 6.07) is 11.3. The standard InChI is InChI=1S/C15H14BrFN2O2/c1-10(11-2-4-13(16)5-3-11)18-9-12-8-14(17)6-7-15(12)19(20)21/h2-8,10,18H,9H2,1H3/t10-/m1/s1. The molecule has 2 aromatic carbocycles. The molecule has 0 spiro atoms. The van der Waals surface area contributed by atoms with Crippen molar-refractivity contribution in [2.75, 3.05) is 0 Å². The van der Waals surface area contributed by atoms with E-state index in [1.54, 1.807) is 0 Å². The SMILES string of the molecule is C[C@@H](NCc1cc(F)ccc1[N+](=O)[O-])c1ccc(Br)cc1. The lowest BCUT2D eigenvalue weighted by atomic mass is 10.1. The van der Waals surface area contributed by atoms with E-state index in [4.69, 9.17) is 0 Å². The van der Waals surface area contributed by atoms with Crippen molar-refractivity contribution in [2.24, 2.45) is 0 Å². The normalized spacial score (nSPS) is 12.1. The molecular weight excluding hydrogens is 339 g/mol. The number of benzene rings is 2. The third kappa shape index (κ3) is 4.09. The molecule has 0 fully saturated rings. The molecule has 2 rings (SSSR count). The summed E-state index contributed by atoms with van der Waals surface area (Å²) in [6.45, 7) is 2.18. The van der Waals surface area contributed by atoms with Crippen molar-refractivity contribution in [1.82, 2.24) is 5.32 Å². The quantitative estimate of drug-likeness (QED) is 0.642. The van der Waals surface area contributed by atoms with Gasteiger partial charge in [-0.05, 0) is 36.8 Å². The maximum atomic E-state index is 13.2. The molecule has 0 unspecified atom stereocenters. The van der Waals surface area contributed by atoms with Crippen LogP contribution in [0.15, 0.2) is 46.9 Å². The van der Waals surface area contributed by atoms with Crippen LogP contribution < -0.4 is 5.32 Å². The van der Waals surface area contributed by atoms with E-state index in [9.17, 15) is 14.5 Å². The molecule has 0 saturated heterocycles. The topological polar surface area (TPSA) is 55.2 Å². The Morgan fingerprint density at radius 3 is 2.57 bits per heavy atom. The number of nitro groups is 1. The molecular formula is C15H14BrFN2O2. The molecule has 0 bridgehead atoms. The van der Waals surface area contributed by atoms with Gasteiger partial charge in [-0.3, -0.25) is 10.1 Å². The number of hydrogen-bond donors (Lipinski definition) is 1. The van der Waals surface area contributed by atoms with Crippen molar-refractivity contribution in [3.8, 4) is 0 Å². The molecule has 0 amide bonds. The summed E-state index contributed by atoms with van der Waals surface area (Å²) in [6.07, 6.45) is 0. The van der Waals surface area contributed by atoms with Crippen molar-refractivity contribution in [3.05, 3.63) is 74.0 Å². The summed E-state index contributed by atoms with van der Waals surface area (Å²) >= 11 is 3.37. The summed E-state index contributed by atoms with van der Waals surface area (Å²) < 4.78 is 14.2. The highest BCUT2D eigenvalue weighted by molar-refractivity contribution is 9.10. The number of nitrogens with one attached hydrogen (secondary N) is 1. The van der Waals surface area contributed by atoms with Gasteiger partial charge in [0.1, 0.15) is 5.82 Å². The molecule has 4 nitrogen and oxygen atoms in total. The Morgan fingerprint density at radius 1 is 1.29 bits per heavy atom. The van der Waals surface area contributed by atoms with Crippen LogP contribution in [0.3, 0.4) is 0 Å². The maximum absolute atomic E-state index is 13.2. The van der Waals surface area contributed by atoms with Gasteiger partial charge in [-0.1, -0.05) is 28.1 Å². The lowest BCUT2D eigenvalue weighted by molar-refractivity contribution is -0.385. The minimum absolute atomic E-state index is 0.000899. The van der Waals surface area contributed by atoms with Crippen molar-refractivity contribution in [2.45, 2.75) is 19.5 Å². The summed E-state index contributed by atoms with van der Waals surface area (Å²) in [7, 11) is 0. The number of rotatable bonds is 5. The van der Waals surface area contributed by atoms with Crippen LogP contribution in [0.5, 0.6) is 0 Å². The van der Waals surface area contributed by atoms with Crippen LogP contribution in [0.4, 0.5) is 10.1 Å². The monoisotopic (exact) mass is 352 g/mol. The summed E-state index contributed by atoms with van der Waals surface area (Å²) in [5, 5.41) is 14.1. The Morgan fingerprint density at radius 2 is 1.95 bits per heavy atom. The van der Waals surface area contributed by atoms with Gasteiger partial charge in [0.2, 0.25) is 0 Å². The molecule has 110 valence electrons. The van der Waals surface area contributed by atoms with E-state index in [1.165, 1.54) is 12.1 Å². The zero-order valence-corrected chi connectivity index (χ0v) is 12.9. The molecule has 1 atom stereocenters. The molecule has 0 heterocycles. The number of nitro benzene ring substituents is 1. The largest absolute Gasteiger partial charge is 0.306 e. The fraction of sp³-hybridized carbons (Fsp3) is 0.200. The van der Waals surface area contributed by atoms with Crippen molar-refractivity contribution < 1.29 is 9.31 Å². The molecule has 21 heavy (non-hydrogen) atoms. The first-order valence-electron chi connectivity index (χ1n) is 6.39.